The highest BCUT2D eigenvalue weighted by Gasteiger charge is 2.38. The lowest BCUT2D eigenvalue weighted by atomic mass is 9.79. The molecule has 3 N–H and O–H groups in total. The van der Waals surface area contributed by atoms with Crippen LogP contribution in [-0.4, -0.2) is 46.5 Å². The van der Waals surface area contributed by atoms with Crippen LogP contribution in [0.4, 0.5) is 0 Å². The molecule has 1 aromatic carbocycles. The molecule has 0 spiro atoms. The summed E-state index contributed by atoms with van der Waals surface area (Å²) in [6, 6.07) is 3.68. The molecule has 2 rings (SSSR count). The van der Waals surface area contributed by atoms with Crippen LogP contribution in [0.5, 0.6) is 17.2 Å². The second kappa shape index (κ2) is 10.4. The van der Waals surface area contributed by atoms with E-state index in [1.165, 1.54) is 0 Å². The molecular formula is C18H29ClN2O5. The van der Waals surface area contributed by atoms with Crippen LogP contribution < -0.4 is 25.3 Å². The van der Waals surface area contributed by atoms with Crippen molar-refractivity contribution in [2.24, 2.45) is 11.1 Å². The summed E-state index contributed by atoms with van der Waals surface area (Å²) >= 11 is 0. The van der Waals surface area contributed by atoms with Crippen molar-refractivity contribution in [1.82, 2.24) is 5.32 Å². The first-order valence-electron chi connectivity index (χ1n) is 8.54. The third-order valence-corrected chi connectivity index (χ3v) is 4.58. The molecule has 0 radical (unpaired) electrons. The van der Waals surface area contributed by atoms with Gasteiger partial charge in [-0.05, 0) is 37.5 Å². The summed E-state index contributed by atoms with van der Waals surface area (Å²) in [5.41, 5.74) is 6.20. The van der Waals surface area contributed by atoms with Gasteiger partial charge in [-0.3, -0.25) is 4.79 Å². The van der Waals surface area contributed by atoms with Gasteiger partial charge >= 0.3 is 0 Å². The number of carbonyl (C=O) groups excluding carboxylic acids is 1. The fourth-order valence-electron chi connectivity index (χ4n) is 2.98. The first kappa shape index (κ1) is 22.3. The molecule has 0 unspecified atom stereocenters. The van der Waals surface area contributed by atoms with Gasteiger partial charge in [0.1, 0.15) is 0 Å². The molecule has 1 aliphatic heterocycles. The highest BCUT2D eigenvalue weighted by Crippen LogP contribution is 2.38. The second-order valence-corrected chi connectivity index (χ2v) is 6.04. The molecule has 0 bridgehead atoms. The molecule has 8 heteroatoms. The summed E-state index contributed by atoms with van der Waals surface area (Å²) in [6.45, 7) is 4.21. The number of hydrogen-bond donors (Lipinski definition) is 2. The van der Waals surface area contributed by atoms with Gasteiger partial charge in [0.05, 0.1) is 26.2 Å². The van der Waals surface area contributed by atoms with Gasteiger partial charge < -0.3 is 30.0 Å². The van der Waals surface area contributed by atoms with E-state index in [2.05, 4.69) is 5.32 Å². The monoisotopic (exact) mass is 388 g/mol. The number of halogens is 1. The number of ether oxygens (including phenoxy) is 4. The van der Waals surface area contributed by atoms with Crippen LogP contribution >= 0.6 is 12.4 Å². The Balaban J connectivity index is 0.00000338. The quantitative estimate of drug-likeness (QED) is 0.706. The average molecular weight is 389 g/mol. The van der Waals surface area contributed by atoms with E-state index < -0.39 is 5.41 Å². The van der Waals surface area contributed by atoms with Gasteiger partial charge in [-0.2, -0.15) is 0 Å². The Kier molecular flexibility index (Phi) is 8.98. The van der Waals surface area contributed by atoms with E-state index in [9.17, 15) is 4.79 Å². The maximum atomic E-state index is 12.7. The summed E-state index contributed by atoms with van der Waals surface area (Å²) in [5.74, 6) is 1.67. The first-order chi connectivity index (χ1) is 12.1. The zero-order chi connectivity index (χ0) is 18.3. The molecule has 0 saturated carbocycles. The van der Waals surface area contributed by atoms with Gasteiger partial charge in [0.15, 0.2) is 11.5 Å². The van der Waals surface area contributed by atoms with Crippen molar-refractivity contribution in [2.75, 3.05) is 40.6 Å². The highest BCUT2D eigenvalue weighted by atomic mass is 35.5. The van der Waals surface area contributed by atoms with Crippen LogP contribution in [0.25, 0.3) is 0 Å². The van der Waals surface area contributed by atoms with Crippen molar-refractivity contribution in [3.8, 4) is 17.2 Å². The van der Waals surface area contributed by atoms with Crippen molar-refractivity contribution in [2.45, 2.75) is 26.3 Å². The highest BCUT2D eigenvalue weighted by molar-refractivity contribution is 5.85. The lowest BCUT2D eigenvalue weighted by Gasteiger charge is -2.34. The van der Waals surface area contributed by atoms with E-state index in [1.54, 1.807) is 14.2 Å². The van der Waals surface area contributed by atoms with Crippen molar-refractivity contribution in [3.05, 3.63) is 17.7 Å². The number of carbonyl (C=O) groups is 1. The van der Waals surface area contributed by atoms with Crippen molar-refractivity contribution in [1.29, 1.82) is 0 Å². The predicted octanol–water partition coefficient (Wildman–Crippen LogP) is 1.90. The van der Waals surface area contributed by atoms with E-state index in [1.807, 2.05) is 19.1 Å². The zero-order valence-electron chi connectivity index (χ0n) is 15.6. The lowest BCUT2D eigenvalue weighted by Crippen LogP contribution is -2.48. The average Bonchev–Trinajstić information content (AvgIpc) is 2.67. The molecule has 1 aliphatic rings. The van der Waals surface area contributed by atoms with E-state index in [0.717, 1.165) is 5.56 Å². The van der Waals surface area contributed by atoms with Gasteiger partial charge in [-0.15, -0.1) is 12.4 Å². The Morgan fingerprint density at radius 2 is 1.81 bits per heavy atom. The molecular weight excluding hydrogens is 360 g/mol. The third-order valence-electron chi connectivity index (χ3n) is 4.58. The summed E-state index contributed by atoms with van der Waals surface area (Å²) < 4.78 is 21.7. The van der Waals surface area contributed by atoms with Crippen molar-refractivity contribution >= 4 is 18.3 Å². The molecule has 1 fully saturated rings. The molecule has 0 aromatic heterocycles. The largest absolute Gasteiger partial charge is 0.493 e. The molecule has 26 heavy (non-hydrogen) atoms. The van der Waals surface area contributed by atoms with E-state index in [4.69, 9.17) is 24.7 Å². The maximum Gasteiger partial charge on any atom is 0.227 e. The number of hydrogen-bond acceptors (Lipinski definition) is 6. The zero-order valence-corrected chi connectivity index (χ0v) is 16.4. The Morgan fingerprint density at radius 1 is 1.23 bits per heavy atom. The number of rotatable bonds is 8. The molecule has 1 saturated heterocycles. The molecule has 0 aliphatic carbocycles. The van der Waals surface area contributed by atoms with Gasteiger partial charge in [0.25, 0.3) is 0 Å². The number of amides is 1. The summed E-state index contributed by atoms with van der Waals surface area (Å²) in [5, 5.41) is 2.99. The van der Waals surface area contributed by atoms with Crippen LogP contribution in [0.3, 0.4) is 0 Å². The molecule has 1 heterocycles. The van der Waals surface area contributed by atoms with Crippen LogP contribution in [-0.2, 0) is 16.1 Å². The molecule has 1 amide bonds. The Bertz CT molecular complexity index is 566. The Hall–Kier alpha value is -1.70. The third kappa shape index (κ3) is 4.93. The first-order valence-corrected chi connectivity index (χ1v) is 8.54. The van der Waals surface area contributed by atoms with Crippen LogP contribution in [0.2, 0.25) is 0 Å². The van der Waals surface area contributed by atoms with Crippen LogP contribution in [0, 0.1) is 5.41 Å². The minimum absolute atomic E-state index is 0. The van der Waals surface area contributed by atoms with E-state index in [0.29, 0.717) is 63.0 Å². The van der Waals surface area contributed by atoms with Crippen LogP contribution in [0.1, 0.15) is 25.3 Å². The van der Waals surface area contributed by atoms with E-state index >= 15 is 0 Å². The fraction of sp³-hybridized carbons (Fsp3) is 0.611. The van der Waals surface area contributed by atoms with Gasteiger partial charge in [0, 0.05) is 26.3 Å². The standard InChI is InChI=1S/C18H28N2O5.ClH/c1-4-25-16-14(22-2)9-13(10-15(16)23-3)11-20-17(21)18(12-19)5-7-24-8-6-18;/h9-10H,4-8,11-12,19H2,1-3H3,(H,20,21);1H. The number of nitrogens with one attached hydrogen (secondary N) is 1. The smallest absolute Gasteiger partial charge is 0.227 e. The summed E-state index contributed by atoms with van der Waals surface area (Å²) in [7, 11) is 3.15. The Morgan fingerprint density at radius 3 is 2.27 bits per heavy atom. The minimum atomic E-state index is -0.544. The van der Waals surface area contributed by atoms with Gasteiger partial charge in [-0.1, -0.05) is 0 Å². The summed E-state index contributed by atoms with van der Waals surface area (Å²) in [6.07, 6.45) is 1.29. The predicted molar refractivity (Wildman–Crippen MR) is 101 cm³/mol. The Labute approximate surface area is 160 Å². The van der Waals surface area contributed by atoms with Gasteiger partial charge in [0.2, 0.25) is 11.7 Å². The summed E-state index contributed by atoms with van der Waals surface area (Å²) in [4.78, 5) is 12.7. The molecule has 0 atom stereocenters. The molecule has 148 valence electrons. The lowest BCUT2D eigenvalue weighted by molar-refractivity contribution is -0.136. The van der Waals surface area contributed by atoms with E-state index in [-0.39, 0.29) is 18.3 Å². The minimum Gasteiger partial charge on any atom is -0.493 e. The maximum absolute atomic E-state index is 12.7. The number of methoxy groups -OCH3 is 2. The normalized spacial score (nSPS) is 15.5. The fourth-order valence-corrected chi connectivity index (χ4v) is 2.98. The van der Waals surface area contributed by atoms with Crippen LogP contribution in [0.15, 0.2) is 12.1 Å². The van der Waals surface area contributed by atoms with Crippen molar-refractivity contribution in [3.63, 3.8) is 0 Å². The second-order valence-electron chi connectivity index (χ2n) is 6.04. The molecule has 1 aromatic rings. The van der Waals surface area contributed by atoms with Gasteiger partial charge in [-0.25, -0.2) is 0 Å². The van der Waals surface area contributed by atoms with Crippen molar-refractivity contribution < 1.29 is 23.7 Å². The number of nitrogens with two attached hydrogens (primary N) is 1. The molecule has 7 nitrogen and oxygen atoms in total. The topological polar surface area (TPSA) is 92.0 Å². The SMILES string of the molecule is CCOc1c(OC)cc(CNC(=O)C2(CN)CCOCC2)cc1OC.Cl. The number of benzene rings is 1.